The third kappa shape index (κ3) is 2.18. The number of anilines is 2. The highest BCUT2D eigenvalue weighted by molar-refractivity contribution is 6.33. The Morgan fingerprint density at radius 3 is 2.73 bits per heavy atom. The second-order valence-corrected chi connectivity index (χ2v) is 4.51. The van der Waals surface area contributed by atoms with E-state index in [2.05, 4.69) is 15.0 Å². The summed E-state index contributed by atoms with van der Waals surface area (Å²) in [5.41, 5.74) is 1.15. The number of carbonyl (C=O) groups excluding carboxylic acids is 3. The Hall–Kier alpha value is -3.22. The molecule has 2 aromatic rings. The van der Waals surface area contributed by atoms with Crippen molar-refractivity contribution < 1.29 is 19.1 Å². The minimum absolute atomic E-state index is 0.124. The number of nitrogens with one attached hydrogen (secondary N) is 1. The van der Waals surface area contributed by atoms with Crippen LogP contribution in [0.2, 0.25) is 0 Å². The van der Waals surface area contributed by atoms with Crippen LogP contribution in [-0.4, -0.2) is 30.0 Å². The molecule has 0 bridgehead atoms. The van der Waals surface area contributed by atoms with Gasteiger partial charge in [-0.15, -0.1) is 0 Å². The molecule has 0 spiro atoms. The topological polar surface area (TPSA) is 88.6 Å². The average Bonchev–Trinajstić information content (AvgIpc) is 2.79. The minimum Gasteiger partial charge on any atom is -0.453 e. The van der Waals surface area contributed by atoms with Gasteiger partial charge in [0, 0.05) is 11.9 Å². The van der Waals surface area contributed by atoms with E-state index >= 15 is 0 Å². The summed E-state index contributed by atoms with van der Waals surface area (Å²) in [6, 6.07) is 9.51. The van der Waals surface area contributed by atoms with Crippen LogP contribution in [0.1, 0.15) is 20.8 Å². The number of methoxy groups -OCH3 is 1. The summed E-state index contributed by atoms with van der Waals surface area (Å²) >= 11 is 0. The van der Waals surface area contributed by atoms with Crippen LogP contribution >= 0.6 is 0 Å². The maximum absolute atomic E-state index is 12.4. The van der Waals surface area contributed by atoms with Gasteiger partial charge in [0.05, 0.1) is 18.4 Å². The molecule has 7 nitrogen and oxygen atoms in total. The third-order valence-corrected chi connectivity index (χ3v) is 3.18. The smallest absolute Gasteiger partial charge is 0.411 e. The summed E-state index contributed by atoms with van der Waals surface area (Å²) < 4.78 is 4.50. The summed E-state index contributed by atoms with van der Waals surface area (Å²) in [6.45, 7) is 0. The molecule has 0 fully saturated rings. The molecule has 110 valence electrons. The molecule has 0 radical (unpaired) electrons. The Morgan fingerprint density at radius 1 is 1.18 bits per heavy atom. The summed E-state index contributed by atoms with van der Waals surface area (Å²) in [7, 11) is 1.25. The molecule has 1 N–H and O–H groups in total. The van der Waals surface area contributed by atoms with Gasteiger partial charge < -0.3 is 4.74 Å². The average molecular weight is 297 g/mol. The number of pyridine rings is 1. The molecule has 1 aliphatic heterocycles. The molecule has 3 rings (SSSR count). The lowest BCUT2D eigenvalue weighted by molar-refractivity contribution is 0.0924. The van der Waals surface area contributed by atoms with Crippen LogP contribution in [0.25, 0.3) is 0 Å². The van der Waals surface area contributed by atoms with Gasteiger partial charge in [0.15, 0.2) is 0 Å². The van der Waals surface area contributed by atoms with Gasteiger partial charge in [-0.25, -0.2) is 9.69 Å². The Kier molecular flexibility index (Phi) is 3.30. The highest BCUT2D eigenvalue weighted by atomic mass is 16.5. The molecule has 0 unspecified atom stereocenters. The lowest BCUT2D eigenvalue weighted by Gasteiger charge is -2.14. The number of benzene rings is 1. The lowest BCUT2D eigenvalue weighted by Crippen LogP contribution is -2.29. The zero-order chi connectivity index (χ0) is 15.7. The molecule has 0 saturated carbocycles. The zero-order valence-corrected chi connectivity index (χ0v) is 11.6. The molecule has 0 aliphatic carbocycles. The maximum atomic E-state index is 12.4. The van der Waals surface area contributed by atoms with Gasteiger partial charge in [-0.1, -0.05) is 6.07 Å². The zero-order valence-electron chi connectivity index (χ0n) is 11.6. The molecule has 2 heterocycles. The van der Waals surface area contributed by atoms with Crippen molar-refractivity contribution in [3.8, 4) is 0 Å². The number of fused-ring (bicyclic) bond motifs is 1. The third-order valence-electron chi connectivity index (χ3n) is 3.18. The van der Waals surface area contributed by atoms with Crippen LogP contribution in [0.4, 0.5) is 16.2 Å². The van der Waals surface area contributed by atoms with E-state index in [1.165, 1.54) is 19.4 Å². The first-order valence-corrected chi connectivity index (χ1v) is 6.40. The van der Waals surface area contributed by atoms with E-state index in [1.807, 2.05) is 0 Å². The highest BCUT2D eigenvalue weighted by Gasteiger charge is 2.37. The van der Waals surface area contributed by atoms with E-state index < -0.39 is 17.9 Å². The Morgan fingerprint density at radius 2 is 2.00 bits per heavy atom. The van der Waals surface area contributed by atoms with E-state index in [4.69, 9.17) is 0 Å². The second kappa shape index (κ2) is 5.28. The van der Waals surface area contributed by atoms with E-state index in [0.29, 0.717) is 11.4 Å². The number of imide groups is 1. The number of rotatable bonds is 2. The molecule has 1 aromatic heterocycles. The van der Waals surface area contributed by atoms with Crippen molar-refractivity contribution in [3.05, 3.63) is 53.9 Å². The highest BCUT2D eigenvalue weighted by Crippen LogP contribution is 2.28. The van der Waals surface area contributed by atoms with Crippen LogP contribution in [0.3, 0.4) is 0 Å². The van der Waals surface area contributed by atoms with E-state index in [-0.39, 0.29) is 11.3 Å². The fourth-order valence-electron chi connectivity index (χ4n) is 2.19. The Labute approximate surface area is 125 Å². The predicted molar refractivity (Wildman–Crippen MR) is 77.8 cm³/mol. The van der Waals surface area contributed by atoms with Gasteiger partial charge in [-0.3, -0.25) is 19.9 Å². The number of hydrogen-bond acceptors (Lipinski definition) is 5. The van der Waals surface area contributed by atoms with Crippen LogP contribution < -0.4 is 10.2 Å². The first-order valence-electron chi connectivity index (χ1n) is 6.40. The quantitative estimate of drug-likeness (QED) is 0.857. The van der Waals surface area contributed by atoms with Crippen LogP contribution in [0, 0.1) is 0 Å². The number of nitrogens with zero attached hydrogens (tertiary/aromatic N) is 2. The molecule has 22 heavy (non-hydrogen) atoms. The second-order valence-electron chi connectivity index (χ2n) is 4.51. The fraction of sp³-hybridized carbons (Fsp3) is 0.0667. The first-order chi connectivity index (χ1) is 10.6. The van der Waals surface area contributed by atoms with E-state index in [0.717, 1.165) is 4.90 Å². The minimum atomic E-state index is -0.638. The van der Waals surface area contributed by atoms with Crippen molar-refractivity contribution in [2.75, 3.05) is 17.3 Å². The number of aromatic nitrogens is 1. The van der Waals surface area contributed by atoms with Crippen molar-refractivity contribution in [2.45, 2.75) is 0 Å². The maximum Gasteiger partial charge on any atom is 0.411 e. The summed E-state index contributed by atoms with van der Waals surface area (Å²) in [6.07, 6.45) is 0.823. The normalized spacial score (nSPS) is 13.0. The fourth-order valence-corrected chi connectivity index (χ4v) is 2.19. The van der Waals surface area contributed by atoms with Gasteiger partial charge in [-0.05, 0) is 30.3 Å². The van der Waals surface area contributed by atoms with Crippen molar-refractivity contribution in [2.24, 2.45) is 0 Å². The summed E-state index contributed by atoms with van der Waals surface area (Å²) in [4.78, 5) is 40.9. The molecule has 3 amide bonds. The monoisotopic (exact) mass is 297 g/mol. The lowest BCUT2D eigenvalue weighted by atomic mass is 10.2. The number of ether oxygens (including phenoxy) is 1. The van der Waals surface area contributed by atoms with Crippen LogP contribution in [-0.2, 0) is 4.74 Å². The Bertz CT molecular complexity index is 753. The van der Waals surface area contributed by atoms with Crippen molar-refractivity contribution >= 4 is 29.3 Å². The molecular weight excluding hydrogens is 286 g/mol. The SMILES string of the molecule is COC(=O)Nc1cccc(N2C(=O)c3cccnc3C2=O)c1. The van der Waals surface area contributed by atoms with Crippen LogP contribution in [0.15, 0.2) is 42.6 Å². The van der Waals surface area contributed by atoms with Crippen molar-refractivity contribution in [1.29, 1.82) is 0 Å². The summed E-state index contributed by atoms with van der Waals surface area (Å²) in [5.74, 6) is -0.931. The van der Waals surface area contributed by atoms with E-state index in [9.17, 15) is 14.4 Å². The van der Waals surface area contributed by atoms with Crippen LogP contribution in [0.5, 0.6) is 0 Å². The molecule has 0 saturated heterocycles. The number of carbonyl (C=O) groups is 3. The molecule has 1 aromatic carbocycles. The van der Waals surface area contributed by atoms with Crippen molar-refractivity contribution in [3.63, 3.8) is 0 Å². The molecule has 7 heteroatoms. The predicted octanol–water partition coefficient (Wildman–Crippen LogP) is 2.06. The molecule has 0 atom stereocenters. The number of amides is 3. The standard InChI is InChI=1S/C15H11N3O4/c1-22-15(21)17-9-4-2-5-10(8-9)18-13(19)11-6-3-7-16-12(11)14(18)20/h2-8H,1H3,(H,17,21). The molecule has 1 aliphatic rings. The Balaban J connectivity index is 1.96. The molecular formula is C15H11N3O4. The number of hydrogen-bond donors (Lipinski definition) is 1. The van der Waals surface area contributed by atoms with Gasteiger partial charge in [-0.2, -0.15) is 0 Å². The largest absolute Gasteiger partial charge is 0.453 e. The first kappa shape index (κ1) is 13.7. The van der Waals surface area contributed by atoms with Gasteiger partial charge in [0.1, 0.15) is 5.69 Å². The van der Waals surface area contributed by atoms with Gasteiger partial charge >= 0.3 is 6.09 Å². The van der Waals surface area contributed by atoms with Crippen molar-refractivity contribution in [1.82, 2.24) is 4.98 Å². The van der Waals surface area contributed by atoms with E-state index in [1.54, 1.807) is 30.3 Å². The van der Waals surface area contributed by atoms with Gasteiger partial charge in [0.2, 0.25) is 0 Å². The van der Waals surface area contributed by atoms with Gasteiger partial charge in [0.25, 0.3) is 11.8 Å². The summed E-state index contributed by atoms with van der Waals surface area (Å²) in [5, 5.41) is 2.48.